The van der Waals surface area contributed by atoms with Gasteiger partial charge in [0.25, 0.3) is 0 Å². The van der Waals surface area contributed by atoms with Crippen LogP contribution in [0.1, 0.15) is 41.3 Å². The molecular formula is C32H34ClN3O4. The maximum atomic E-state index is 12.2. The number of carbonyl (C=O) groups is 3. The van der Waals surface area contributed by atoms with E-state index < -0.39 is 6.03 Å². The Balaban J connectivity index is 0.000000475. The van der Waals surface area contributed by atoms with E-state index in [0.717, 1.165) is 23.1 Å². The van der Waals surface area contributed by atoms with E-state index in [4.69, 9.17) is 21.5 Å². The molecule has 0 unspecified atom stereocenters. The van der Waals surface area contributed by atoms with E-state index in [-0.39, 0.29) is 12.4 Å². The van der Waals surface area contributed by atoms with Crippen molar-refractivity contribution < 1.29 is 19.5 Å². The number of aryl methyl sites for hydroxylation is 2. The fourth-order valence-corrected chi connectivity index (χ4v) is 3.96. The maximum Gasteiger partial charge on any atom is 0.324 e. The normalized spacial score (nSPS) is 9.80. The second-order valence-electron chi connectivity index (χ2n) is 8.70. The van der Waals surface area contributed by atoms with Crippen molar-refractivity contribution in [2.45, 2.75) is 33.1 Å². The molecule has 0 radical (unpaired) electrons. The lowest BCUT2D eigenvalue weighted by Crippen LogP contribution is -2.20. The van der Waals surface area contributed by atoms with Crippen LogP contribution in [0.15, 0.2) is 91.1 Å². The van der Waals surface area contributed by atoms with E-state index in [2.05, 4.69) is 46.8 Å². The van der Waals surface area contributed by atoms with E-state index >= 15 is 0 Å². The average molecular weight is 560 g/mol. The number of anilines is 2. The van der Waals surface area contributed by atoms with E-state index in [1.807, 2.05) is 50.1 Å². The lowest BCUT2D eigenvalue weighted by atomic mass is 10.0. The zero-order valence-electron chi connectivity index (χ0n) is 22.7. The van der Waals surface area contributed by atoms with Gasteiger partial charge >= 0.3 is 6.03 Å². The van der Waals surface area contributed by atoms with Crippen LogP contribution in [0.4, 0.5) is 16.3 Å². The van der Waals surface area contributed by atoms with Crippen LogP contribution in [-0.2, 0) is 11.2 Å². The van der Waals surface area contributed by atoms with Crippen molar-refractivity contribution in [3.63, 3.8) is 0 Å². The number of nitrogens with one attached hydrogen (secondary N) is 2. The van der Waals surface area contributed by atoms with Gasteiger partial charge in [0, 0.05) is 41.1 Å². The fourth-order valence-electron chi connectivity index (χ4n) is 3.67. The van der Waals surface area contributed by atoms with Crippen LogP contribution in [0.3, 0.4) is 0 Å². The van der Waals surface area contributed by atoms with Crippen molar-refractivity contribution in [2.75, 3.05) is 17.2 Å². The zero-order chi connectivity index (χ0) is 29.3. The molecule has 208 valence electrons. The highest BCUT2D eigenvalue weighted by molar-refractivity contribution is 6.31. The van der Waals surface area contributed by atoms with Gasteiger partial charge in [0.15, 0.2) is 5.78 Å². The molecule has 0 fully saturated rings. The molecule has 0 atom stereocenters. The second-order valence-corrected chi connectivity index (χ2v) is 9.13. The van der Waals surface area contributed by atoms with Crippen LogP contribution in [0, 0.1) is 6.92 Å². The summed E-state index contributed by atoms with van der Waals surface area (Å²) in [7, 11) is 0. The Hall–Kier alpha value is -4.33. The molecular weight excluding hydrogens is 526 g/mol. The molecule has 2 amide bonds. The summed E-state index contributed by atoms with van der Waals surface area (Å²) in [5.74, 6) is 0.417. The first-order chi connectivity index (χ1) is 19.4. The van der Waals surface area contributed by atoms with Crippen LogP contribution >= 0.6 is 11.6 Å². The monoisotopic (exact) mass is 559 g/mol. The molecule has 8 heteroatoms. The number of aliphatic hydroxyl groups excluding tert-OH is 1. The van der Waals surface area contributed by atoms with Gasteiger partial charge in [0.2, 0.25) is 0 Å². The molecule has 7 nitrogen and oxygen atoms in total. The Bertz CT molecular complexity index is 1320. The number of aliphatic hydroxyl groups is 1. The first kappa shape index (κ1) is 31.9. The Morgan fingerprint density at radius 2 is 1.57 bits per heavy atom. The molecule has 0 saturated heterocycles. The number of ketones is 1. The molecule has 3 aromatic carbocycles. The SMILES string of the molecule is C=O.CCc1ccccc1.Cc1cc(Cl)cc(NC(=O)Nc2ccc(-c3ccc(C(=O)CCCO)cc3)cn2)c1. The predicted molar refractivity (Wildman–Crippen MR) is 162 cm³/mol. The number of Topliss-reactive ketones (excluding diaryl/α,β-unsaturated/α-hetero) is 1. The van der Waals surface area contributed by atoms with Crippen LogP contribution in [0.2, 0.25) is 5.02 Å². The molecule has 0 aliphatic carbocycles. The first-order valence-corrected chi connectivity index (χ1v) is 13.1. The third kappa shape index (κ3) is 10.8. The largest absolute Gasteiger partial charge is 0.396 e. The Labute approximate surface area is 240 Å². The van der Waals surface area contributed by atoms with Crippen LogP contribution in [0.25, 0.3) is 11.1 Å². The van der Waals surface area contributed by atoms with Gasteiger partial charge in [-0.15, -0.1) is 0 Å². The Kier molecular flexibility index (Phi) is 13.8. The molecule has 0 aliphatic rings. The van der Waals surface area contributed by atoms with Crippen molar-refractivity contribution in [3.8, 4) is 11.1 Å². The second kappa shape index (κ2) is 17.3. The number of aromatic nitrogens is 1. The van der Waals surface area contributed by atoms with E-state index in [1.54, 1.807) is 30.5 Å². The highest BCUT2D eigenvalue weighted by atomic mass is 35.5. The summed E-state index contributed by atoms with van der Waals surface area (Å²) < 4.78 is 0. The van der Waals surface area contributed by atoms with Gasteiger partial charge in [-0.3, -0.25) is 10.1 Å². The number of pyridine rings is 1. The number of carbonyl (C=O) groups excluding carboxylic acids is 3. The van der Waals surface area contributed by atoms with Crippen molar-refractivity contribution >= 4 is 41.7 Å². The highest BCUT2D eigenvalue weighted by Crippen LogP contribution is 2.22. The highest BCUT2D eigenvalue weighted by Gasteiger charge is 2.08. The molecule has 4 rings (SSSR count). The third-order valence-electron chi connectivity index (χ3n) is 5.66. The average Bonchev–Trinajstić information content (AvgIpc) is 2.97. The zero-order valence-corrected chi connectivity index (χ0v) is 23.4. The summed E-state index contributed by atoms with van der Waals surface area (Å²) in [5, 5.41) is 14.8. The van der Waals surface area contributed by atoms with Crippen molar-refractivity contribution in [1.82, 2.24) is 4.98 Å². The summed E-state index contributed by atoms with van der Waals surface area (Å²) in [6.07, 6.45) is 3.58. The summed E-state index contributed by atoms with van der Waals surface area (Å²) in [5.41, 5.74) is 5.34. The topological polar surface area (TPSA) is 108 Å². The molecule has 0 saturated carbocycles. The van der Waals surface area contributed by atoms with Crippen molar-refractivity contribution in [1.29, 1.82) is 0 Å². The minimum Gasteiger partial charge on any atom is -0.396 e. The van der Waals surface area contributed by atoms with E-state index in [9.17, 15) is 9.59 Å². The maximum absolute atomic E-state index is 12.2. The summed E-state index contributed by atoms with van der Waals surface area (Å²) in [4.78, 5) is 36.4. The molecule has 1 aromatic heterocycles. The van der Waals surface area contributed by atoms with Crippen LogP contribution < -0.4 is 10.6 Å². The molecule has 0 bridgehead atoms. The minimum atomic E-state index is -0.414. The molecule has 3 N–H and O–H groups in total. The Morgan fingerprint density at radius 3 is 2.12 bits per heavy atom. The van der Waals surface area contributed by atoms with Crippen molar-refractivity contribution in [2.24, 2.45) is 0 Å². The predicted octanol–water partition coefficient (Wildman–Crippen LogP) is 7.37. The first-order valence-electron chi connectivity index (χ1n) is 12.8. The number of benzene rings is 3. The summed E-state index contributed by atoms with van der Waals surface area (Å²) in [6.45, 7) is 6.06. The number of amides is 2. The molecule has 0 spiro atoms. The van der Waals surface area contributed by atoms with Gasteiger partial charge in [0.05, 0.1) is 0 Å². The number of hydrogen-bond acceptors (Lipinski definition) is 5. The van der Waals surface area contributed by atoms with Crippen molar-refractivity contribution in [3.05, 3.63) is 113 Å². The fraction of sp³-hybridized carbons (Fsp3) is 0.188. The van der Waals surface area contributed by atoms with Gasteiger partial charge in [-0.1, -0.05) is 73.1 Å². The van der Waals surface area contributed by atoms with Gasteiger partial charge < -0.3 is 15.2 Å². The summed E-state index contributed by atoms with van der Waals surface area (Å²) >= 11 is 6.01. The lowest BCUT2D eigenvalue weighted by molar-refractivity contribution is -0.0980. The number of nitrogens with zero attached hydrogens (tertiary/aromatic N) is 1. The number of urea groups is 1. The Morgan fingerprint density at radius 1 is 0.900 bits per heavy atom. The van der Waals surface area contributed by atoms with Gasteiger partial charge in [-0.25, -0.2) is 9.78 Å². The summed E-state index contributed by atoms with van der Waals surface area (Å²) in [6, 6.07) is 26.1. The third-order valence-corrected chi connectivity index (χ3v) is 5.88. The molecule has 1 heterocycles. The minimum absolute atomic E-state index is 0.00658. The number of hydrogen-bond donors (Lipinski definition) is 3. The molecule has 4 aromatic rings. The smallest absolute Gasteiger partial charge is 0.324 e. The van der Waals surface area contributed by atoms with Crippen LogP contribution in [0.5, 0.6) is 0 Å². The van der Waals surface area contributed by atoms with E-state index in [0.29, 0.717) is 34.9 Å². The van der Waals surface area contributed by atoms with Gasteiger partial charge in [-0.05, 0) is 66.8 Å². The number of rotatable bonds is 8. The standard InChI is InChI=1S/C23H22ClN3O3.C8H10.CH2O/c1-15-11-19(24)13-20(12-15)26-23(30)27-22-9-8-18(14-25-22)16-4-6-17(7-5-16)21(29)3-2-10-28;1-2-8-6-4-3-5-7-8;1-2/h4-9,11-14,28H,2-3,10H2,1H3,(H2,25,26,27,30);3-7H,2H2,1H3;1H2. The van der Waals surface area contributed by atoms with Crippen LogP contribution in [-0.4, -0.2) is 35.3 Å². The lowest BCUT2D eigenvalue weighted by Gasteiger charge is -2.09. The van der Waals surface area contributed by atoms with E-state index in [1.165, 1.54) is 5.56 Å². The molecule has 40 heavy (non-hydrogen) atoms. The quantitative estimate of drug-likeness (QED) is 0.195. The van der Waals surface area contributed by atoms with Gasteiger partial charge in [-0.2, -0.15) is 0 Å². The molecule has 0 aliphatic heterocycles. The van der Waals surface area contributed by atoms with Gasteiger partial charge in [0.1, 0.15) is 12.6 Å². The number of halogens is 1.